The summed E-state index contributed by atoms with van der Waals surface area (Å²) >= 11 is 6.69. The summed E-state index contributed by atoms with van der Waals surface area (Å²) in [6, 6.07) is 7.05. The molecule has 0 radical (unpaired) electrons. The van der Waals surface area contributed by atoms with Gasteiger partial charge in [0, 0.05) is 31.9 Å². The number of aryl methyl sites for hydroxylation is 1. The lowest BCUT2D eigenvalue weighted by Crippen LogP contribution is -2.44. The molecule has 2 aliphatic rings. The lowest BCUT2D eigenvalue weighted by molar-refractivity contribution is 0.0968. The number of hydrogen-bond acceptors (Lipinski definition) is 7. The van der Waals surface area contributed by atoms with Gasteiger partial charge in [0.15, 0.2) is 0 Å². The van der Waals surface area contributed by atoms with Gasteiger partial charge in [-0.25, -0.2) is 15.0 Å². The lowest BCUT2D eigenvalue weighted by Gasteiger charge is -2.34. The topological polar surface area (TPSA) is 79.3 Å². The average Bonchev–Trinajstić information content (AvgIpc) is 2.72. The predicted octanol–water partition coefficient (Wildman–Crippen LogP) is 2.51. The highest BCUT2D eigenvalue weighted by Gasteiger charge is 2.34. The fraction of sp³-hybridized carbons (Fsp3) is 0.286. The van der Waals surface area contributed by atoms with Crippen LogP contribution >= 0.6 is 11.6 Å². The van der Waals surface area contributed by atoms with Crippen LogP contribution in [-0.2, 0) is 0 Å². The van der Waals surface area contributed by atoms with E-state index < -0.39 is 5.78 Å². The van der Waals surface area contributed by atoms with Crippen LogP contribution in [0.2, 0.25) is 5.02 Å². The van der Waals surface area contributed by atoms with Crippen molar-refractivity contribution in [3.8, 4) is 0 Å². The molecule has 1 aliphatic heterocycles. The van der Waals surface area contributed by atoms with Gasteiger partial charge in [0.1, 0.15) is 22.6 Å². The molecule has 146 valence electrons. The molecule has 0 amide bonds. The van der Waals surface area contributed by atoms with Crippen LogP contribution in [0, 0.1) is 6.92 Å². The van der Waals surface area contributed by atoms with E-state index in [0.717, 1.165) is 31.9 Å². The molecule has 8 heteroatoms. The first-order valence-corrected chi connectivity index (χ1v) is 9.82. The number of pyridine rings is 1. The van der Waals surface area contributed by atoms with Crippen LogP contribution in [0.4, 0.5) is 5.69 Å². The van der Waals surface area contributed by atoms with E-state index in [1.54, 1.807) is 19.1 Å². The van der Waals surface area contributed by atoms with Crippen molar-refractivity contribution in [2.24, 2.45) is 0 Å². The number of anilines is 1. The lowest BCUT2D eigenvalue weighted by atomic mass is 9.93. The summed E-state index contributed by atoms with van der Waals surface area (Å²) in [5.41, 5.74) is 2.93. The maximum absolute atomic E-state index is 13.0. The Morgan fingerprint density at radius 2 is 1.59 bits per heavy atom. The SMILES string of the molecule is Cc1ccc2c(n1)C(=O)c1nc3c(Cl)c(N4CCN(C)CC4)ccc3nc1C2=O. The molecule has 0 spiro atoms. The van der Waals surface area contributed by atoms with Gasteiger partial charge >= 0.3 is 0 Å². The Morgan fingerprint density at radius 3 is 2.34 bits per heavy atom. The molecule has 7 nitrogen and oxygen atoms in total. The second-order valence-corrected chi connectivity index (χ2v) is 7.86. The van der Waals surface area contributed by atoms with Gasteiger partial charge in [-0.15, -0.1) is 0 Å². The summed E-state index contributed by atoms with van der Waals surface area (Å²) in [6.45, 7) is 5.37. The summed E-state index contributed by atoms with van der Waals surface area (Å²) in [4.78, 5) is 43.6. The molecule has 0 N–H and O–H groups in total. The zero-order chi connectivity index (χ0) is 20.3. The van der Waals surface area contributed by atoms with Crippen molar-refractivity contribution in [2.45, 2.75) is 6.92 Å². The number of likely N-dealkylation sites (N-methyl/N-ethyl adjacent to an activating group) is 1. The van der Waals surface area contributed by atoms with E-state index >= 15 is 0 Å². The van der Waals surface area contributed by atoms with E-state index in [4.69, 9.17) is 11.6 Å². The third-order valence-corrected chi connectivity index (χ3v) is 5.90. The molecular formula is C21H18ClN5O2. The average molecular weight is 408 g/mol. The highest BCUT2D eigenvalue weighted by atomic mass is 35.5. The summed E-state index contributed by atoms with van der Waals surface area (Å²) in [5, 5.41) is 0.450. The molecule has 0 bridgehead atoms. The molecule has 0 atom stereocenters. The van der Waals surface area contributed by atoms with Crippen LogP contribution in [0.3, 0.4) is 0 Å². The van der Waals surface area contributed by atoms with Crippen molar-refractivity contribution in [1.82, 2.24) is 19.9 Å². The van der Waals surface area contributed by atoms with E-state index in [1.165, 1.54) is 0 Å². The first-order valence-electron chi connectivity index (χ1n) is 9.45. The van der Waals surface area contributed by atoms with E-state index in [-0.39, 0.29) is 28.4 Å². The molecule has 3 aromatic rings. The number of carbonyl (C=O) groups is 2. The fourth-order valence-corrected chi connectivity index (χ4v) is 4.16. The maximum Gasteiger partial charge on any atom is 0.232 e. The molecule has 5 rings (SSSR count). The smallest absolute Gasteiger partial charge is 0.232 e. The molecule has 1 saturated heterocycles. The number of aromatic nitrogens is 3. The zero-order valence-corrected chi connectivity index (χ0v) is 16.8. The Bertz CT molecular complexity index is 1200. The Balaban J connectivity index is 1.65. The third kappa shape index (κ3) is 2.81. The quantitative estimate of drug-likeness (QED) is 0.479. The number of ketones is 2. The van der Waals surface area contributed by atoms with Crippen LogP contribution < -0.4 is 4.90 Å². The Kier molecular flexibility index (Phi) is 4.11. The second kappa shape index (κ2) is 6.57. The molecule has 1 aromatic carbocycles. The van der Waals surface area contributed by atoms with E-state index in [0.29, 0.717) is 21.7 Å². The van der Waals surface area contributed by atoms with Gasteiger partial charge < -0.3 is 9.80 Å². The molecule has 0 unspecified atom stereocenters. The van der Waals surface area contributed by atoms with E-state index in [2.05, 4.69) is 31.8 Å². The summed E-state index contributed by atoms with van der Waals surface area (Å²) in [5.74, 6) is -0.732. The van der Waals surface area contributed by atoms with Gasteiger partial charge in [0.05, 0.1) is 21.8 Å². The van der Waals surface area contributed by atoms with Crippen LogP contribution in [0.25, 0.3) is 11.0 Å². The van der Waals surface area contributed by atoms with Crippen LogP contribution in [-0.4, -0.2) is 64.6 Å². The van der Waals surface area contributed by atoms with Crippen molar-refractivity contribution < 1.29 is 9.59 Å². The third-order valence-electron chi connectivity index (χ3n) is 5.52. The number of hydrogen-bond donors (Lipinski definition) is 0. The first kappa shape index (κ1) is 18.1. The minimum absolute atomic E-state index is 0.0190. The van der Waals surface area contributed by atoms with Crippen LogP contribution in [0.15, 0.2) is 24.3 Å². The van der Waals surface area contributed by atoms with E-state index in [1.807, 2.05) is 12.1 Å². The largest absolute Gasteiger partial charge is 0.368 e. The molecule has 1 aliphatic carbocycles. The fourth-order valence-electron chi connectivity index (χ4n) is 3.84. The molecule has 2 aromatic heterocycles. The molecule has 29 heavy (non-hydrogen) atoms. The van der Waals surface area contributed by atoms with Gasteiger partial charge in [-0.1, -0.05) is 11.6 Å². The standard InChI is InChI=1S/C21H18ClN5O2/c1-11-3-4-12-16(23-11)21(29)19-18(20(12)28)24-13-5-6-14(15(22)17(13)25-19)27-9-7-26(2)8-10-27/h3-6H,7-10H2,1-2H3. The Hall–Kier alpha value is -2.90. The van der Waals surface area contributed by atoms with Crippen molar-refractivity contribution >= 4 is 39.9 Å². The van der Waals surface area contributed by atoms with Gasteiger partial charge in [0.2, 0.25) is 11.6 Å². The number of benzene rings is 1. The van der Waals surface area contributed by atoms with E-state index in [9.17, 15) is 9.59 Å². The Morgan fingerprint density at radius 1 is 0.862 bits per heavy atom. The number of fused-ring (bicyclic) bond motifs is 3. The summed E-state index contributed by atoms with van der Waals surface area (Å²) < 4.78 is 0. The molecule has 3 heterocycles. The van der Waals surface area contributed by atoms with Gasteiger partial charge in [-0.2, -0.15) is 0 Å². The second-order valence-electron chi connectivity index (χ2n) is 7.48. The molecule has 0 saturated carbocycles. The summed E-state index contributed by atoms with van der Waals surface area (Å²) in [7, 11) is 2.09. The Labute approximate surface area is 172 Å². The van der Waals surface area contributed by atoms with Gasteiger partial charge in [-0.05, 0) is 38.2 Å². The van der Waals surface area contributed by atoms with Gasteiger partial charge in [-0.3, -0.25) is 9.59 Å². The number of nitrogens with zero attached hydrogens (tertiary/aromatic N) is 5. The van der Waals surface area contributed by atoms with Gasteiger partial charge in [0.25, 0.3) is 0 Å². The number of piperazine rings is 1. The minimum Gasteiger partial charge on any atom is -0.368 e. The number of carbonyl (C=O) groups excluding carboxylic acids is 2. The number of rotatable bonds is 1. The van der Waals surface area contributed by atoms with Crippen molar-refractivity contribution in [3.63, 3.8) is 0 Å². The van der Waals surface area contributed by atoms with Crippen molar-refractivity contribution in [3.05, 3.63) is 57.6 Å². The number of halogens is 1. The minimum atomic E-state index is -0.395. The molecule has 1 fully saturated rings. The monoisotopic (exact) mass is 407 g/mol. The highest BCUT2D eigenvalue weighted by Crippen LogP contribution is 2.34. The maximum atomic E-state index is 13.0. The van der Waals surface area contributed by atoms with Crippen LogP contribution in [0.5, 0.6) is 0 Å². The zero-order valence-electron chi connectivity index (χ0n) is 16.1. The van der Waals surface area contributed by atoms with Crippen molar-refractivity contribution in [2.75, 3.05) is 38.1 Å². The van der Waals surface area contributed by atoms with Crippen molar-refractivity contribution in [1.29, 1.82) is 0 Å². The highest BCUT2D eigenvalue weighted by molar-refractivity contribution is 6.38. The van der Waals surface area contributed by atoms with Crippen LogP contribution in [0.1, 0.15) is 37.9 Å². The normalized spacial score (nSPS) is 16.9. The molecular weight excluding hydrogens is 390 g/mol. The predicted molar refractivity (Wildman–Crippen MR) is 110 cm³/mol. The first-order chi connectivity index (χ1) is 13.9. The summed E-state index contributed by atoms with van der Waals surface area (Å²) in [6.07, 6.45) is 0.